The third-order valence-corrected chi connectivity index (χ3v) is 3.12. The Balaban J connectivity index is 2.05. The zero-order chi connectivity index (χ0) is 14.8. The maximum Gasteiger partial charge on any atom is 0.227 e. The fourth-order valence-electron chi connectivity index (χ4n) is 2.01. The van der Waals surface area contributed by atoms with E-state index in [-0.39, 0.29) is 5.69 Å². The minimum atomic E-state index is -0.523. The summed E-state index contributed by atoms with van der Waals surface area (Å²) >= 11 is 0. The summed E-state index contributed by atoms with van der Waals surface area (Å²) in [6, 6.07) is 11.7. The molecular weight excluding hydrogens is 271 g/mol. The van der Waals surface area contributed by atoms with Crippen LogP contribution in [0.1, 0.15) is 0 Å². The molecule has 2 aromatic carbocycles. The zero-order valence-electron chi connectivity index (χ0n) is 11.3. The van der Waals surface area contributed by atoms with Gasteiger partial charge in [-0.05, 0) is 35.7 Å². The van der Waals surface area contributed by atoms with Crippen molar-refractivity contribution in [2.75, 3.05) is 12.8 Å². The minimum absolute atomic E-state index is 0.0786. The van der Waals surface area contributed by atoms with Crippen LogP contribution >= 0.6 is 0 Å². The van der Waals surface area contributed by atoms with Crippen molar-refractivity contribution in [2.24, 2.45) is 0 Å². The Labute approximate surface area is 120 Å². The van der Waals surface area contributed by atoms with Gasteiger partial charge in [0.2, 0.25) is 5.88 Å². The number of nitrogen functional groups attached to an aromatic ring is 1. The van der Waals surface area contributed by atoms with E-state index in [1.807, 2.05) is 24.3 Å². The number of nitrogens with two attached hydrogens (primary N) is 1. The summed E-state index contributed by atoms with van der Waals surface area (Å²) in [5.41, 5.74) is 5.53. The van der Waals surface area contributed by atoms with E-state index < -0.39 is 5.82 Å². The van der Waals surface area contributed by atoms with Crippen molar-refractivity contribution >= 4 is 16.5 Å². The van der Waals surface area contributed by atoms with E-state index in [1.54, 1.807) is 19.4 Å². The molecule has 106 valence electrons. The molecule has 3 rings (SSSR count). The molecule has 0 saturated heterocycles. The Morgan fingerprint density at radius 3 is 2.62 bits per heavy atom. The number of nitrogens with zero attached hydrogens (tertiary/aromatic N) is 1. The van der Waals surface area contributed by atoms with Crippen LogP contribution in [0.2, 0.25) is 0 Å². The molecule has 21 heavy (non-hydrogen) atoms. The maximum atomic E-state index is 13.5. The molecule has 0 amide bonds. The first-order chi connectivity index (χ1) is 10.2. The lowest BCUT2D eigenvalue weighted by Gasteiger charge is -2.09. The second-order valence-corrected chi connectivity index (χ2v) is 4.49. The van der Waals surface area contributed by atoms with Crippen LogP contribution in [-0.4, -0.2) is 12.1 Å². The van der Waals surface area contributed by atoms with Crippen molar-refractivity contribution in [3.63, 3.8) is 0 Å². The fraction of sp³-hybridized carbons (Fsp3) is 0.0625. The molecule has 0 spiro atoms. The third-order valence-electron chi connectivity index (χ3n) is 3.12. The topological polar surface area (TPSA) is 57.4 Å². The highest BCUT2D eigenvalue weighted by Gasteiger charge is 2.08. The molecule has 5 heteroatoms. The van der Waals surface area contributed by atoms with Crippen molar-refractivity contribution in [3.05, 3.63) is 54.5 Å². The minimum Gasteiger partial charge on any atom is -0.497 e. The average Bonchev–Trinajstić information content (AvgIpc) is 2.51. The normalized spacial score (nSPS) is 10.6. The highest BCUT2D eigenvalue weighted by Crippen LogP contribution is 2.31. The summed E-state index contributed by atoms with van der Waals surface area (Å²) < 4.78 is 24.3. The molecule has 0 aliphatic rings. The van der Waals surface area contributed by atoms with E-state index in [0.717, 1.165) is 10.8 Å². The van der Waals surface area contributed by atoms with Crippen LogP contribution in [0.5, 0.6) is 17.4 Å². The Kier molecular flexibility index (Phi) is 3.31. The molecule has 0 bridgehead atoms. The van der Waals surface area contributed by atoms with Gasteiger partial charge in [-0.25, -0.2) is 9.37 Å². The lowest BCUT2D eigenvalue weighted by atomic mass is 10.1. The molecule has 1 aromatic heterocycles. The van der Waals surface area contributed by atoms with Crippen LogP contribution in [0.4, 0.5) is 10.1 Å². The van der Waals surface area contributed by atoms with Crippen molar-refractivity contribution in [2.45, 2.75) is 0 Å². The molecule has 2 N–H and O–H groups in total. The van der Waals surface area contributed by atoms with Crippen molar-refractivity contribution in [1.82, 2.24) is 4.98 Å². The molecule has 0 unspecified atom stereocenters. The highest BCUT2D eigenvalue weighted by atomic mass is 19.1. The van der Waals surface area contributed by atoms with Gasteiger partial charge >= 0.3 is 0 Å². The summed E-state index contributed by atoms with van der Waals surface area (Å²) in [5.74, 6) is 0.897. The highest BCUT2D eigenvalue weighted by molar-refractivity contribution is 5.88. The average molecular weight is 284 g/mol. The quantitative estimate of drug-likeness (QED) is 0.744. The number of benzene rings is 2. The molecule has 0 fully saturated rings. The lowest BCUT2D eigenvalue weighted by molar-refractivity contribution is 0.415. The van der Waals surface area contributed by atoms with Crippen LogP contribution in [-0.2, 0) is 0 Å². The maximum absolute atomic E-state index is 13.5. The molecule has 0 aliphatic heterocycles. The van der Waals surface area contributed by atoms with Gasteiger partial charge in [-0.2, -0.15) is 0 Å². The number of pyridine rings is 1. The van der Waals surface area contributed by atoms with Gasteiger partial charge in [0, 0.05) is 17.6 Å². The van der Waals surface area contributed by atoms with Crippen LogP contribution in [0.25, 0.3) is 10.8 Å². The van der Waals surface area contributed by atoms with Crippen LogP contribution in [0.15, 0.2) is 48.7 Å². The number of fused-ring (bicyclic) bond motifs is 1. The van der Waals surface area contributed by atoms with Gasteiger partial charge in [0.25, 0.3) is 0 Å². The van der Waals surface area contributed by atoms with Gasteiger partial charge in [-0.3, -0.25) is 0 Å². The number of hydrogen-bond acceptors (Lipinski definition) is 4. The molecule has 1 heterocycles. The molecular formula is C16H13FN2O2. The molecule has 0 aliphatic carbocycles. The number of anilines is 1. The van der Waals surface area contributed by atoms with E-state index in [1.165, 1.54) is 12.1 Å². The van der Waals surface area contributed by atoms with Gasteiger partial charge in [0.1, 0.15) is 17.3 Å². The van der Waals surface area contributed by atoms with E-state index in [2.05, 4.69) is 4.98 Å². The Bertz CT molecular complexity index is 805. The zero-order valence-corrected chi connectivity index (χ0v) is 11.3. The predicted molar refractivity (Wildman–Crippen MR) is 79.2 cm³/mol. The molecule has 0 atom stereocenters. The second-order valence-electron chi connectivity index (χ2n) is 4.49. The van der Waals surface area contributed by atoms with Gasteiger partial charge < -0.3 is 15.2 Å². The number of rotatable bonds is 3. The van der Waals surface area contributed by atoms with E-state index in [9.17, 15) is 4.39 Å². The van der Waals surface area contributed by atoms with Crippen LogP contribution < -0.4 is 15.2 Å². The van der Waals surface area contributed by atoms with Crippen LogP contribution in [0.3, 0.4) is 0 Å². The van der Waals surface area contributed by atoms with Gasteiger partial charge in [0.15, 0.2) is 0 Å². The Morgan fingerprint density at radius 1 is 1.05 bits per heavy atom. The smallest absolute Gasteiger partial charge is 0.227 e. The molecule has 4 nitrogen and oxygen atoms in total. The monoisotopic (exact) mass is 284 g/mol. The largest absolute Gasteiger partial charge is 0.497 e. The first kappa shape index (κ1) is 13.2. The van der Waals surface area contributed by atoms with Gasteiger partial charge in [-0.15, -0.1) is 0 Å². The summed E-state index contributed by atoms with van der Waals surface area (Å²) in [6.07, 6.45) is 1.64. The van der Waals surface area contributed by atoms with Crippen molar-refractivity contribution < 1.29 is 13.9 Å². The predicted octanol–water partition coefficient (Wildman–Crippen LogP) is 3.76. The second kappa shape index (κ2) is 5.28. The lowest BCUT2D eigenvalue weighted by Crippen LogP contribution is -1.93. The first-order valence-corrected chi connectivity index (χ1v) is 6.33. The molecule has 0 saturated carbocycles. The standard InChI is InChI=1S/C16H13FN2O2/c1-20-11-3-2-10-6-7-19-16(13(10)8-11)21-12-4-5-15(18)14(17)9-12/h2-9H,18H2,1H3. The molecule has 0 radical (unpaired) electrons. The summed E-state index contributed by atoms with van der Waals surface area (Å²) in [7, 11) is 1.59. The van der Waals surface area contributed by atoms with Crippen LogP contribution in [0, 0.1) is 5.82 Å². The van der Waals surface area contributed by atoms with Gasteiger partial charge in [0.05, 0.1) is 12.8 Å². The number of ether oxygens (including phenoxy) is 2. The summed E-state index contributed by atoms with van der Waals surface area (Å²) in [6.45, 7) is 0. The Morgan fingerprint density at radius 2 is 1.86 bits per heavy atom. The summed E-state index contributed by atoms with van der Waals surface area (Å²) in [5, 5.41) is 1.74. The fourth-order valence-corrected chi connectivity index (χ4v) is 2.01. The van der Waals surface area contributed by atoms with Gasteiger partial charge in [-0.1, -0.05) is 6.07 Å². The SMILES string of the molecule is COc1ccc2ccnc(Oc3ccc(N)c(F)c3)c2c1. The van der Waals surface area contributed by atoms with E-state index in [4.69, 9.17) is 15.2 Å². The third kappa shape index (κ3) is 2.58. The summed E-state index contributed by atoms with van der Waals surface area (Å²) in [4.78, 5) is 4.20. The molecule has 3 aromatic rings. The number of hydrogen-bond donors (Lipinski definition) is 1. The van der Waals surface area contributed by atoms with E-state index in [0.29, 0.717) is 17.4 Å². The number of methoxy groups -OCH3 is 1. The van der Waals surface area contributed by atoms with Crippen molar-refractivity contribution in [3.8, 4) is 17.4 Å². The first-order valence-electron chi connectivity index (χ1n) is 6.33. The number of aromatic nitrogens is 1. The van der Waals surface area contributed by atoms with Crippen molar-refractivity contribution in [1.29, 1.82) is 0 Å². The Hall–Kier alpha value is -2.82. The van der Waals surface area contributed by atoms with E-state index >= 15 is 0 Å². The number of halogens is 1.